The Bertz CT molecular complexity index is 517. The second-order valence-electron chi connectivity index (χ2n) is 3.93. The Kier molecular flexibility index (Phi) is 4.42. The van der Waals surface area contributed by atoms with Gasteiger partial charge in [0.2, 0.25) is 0 Å². The maximum Gasteiger partial charge on any atom is 0.144 e. The molecular weight excluding hydrogens is 248 g/mol. The van der Waals surface area contributed by atoms with Crippen molar-refractivity contribution in [1.82, 2.24) is 4.98 Å². The van der Waals surface area contributed by atoms with Crippen LogP contribution >= 0.6 is 11.6 Å². The molecule has 0 fully saturated rings. The average Bonchev–Trinajstić information content (AvgIpc) is 2.37. The zero-order valence-electron chi connectivity index (χ0n) is 10.2. The van der Waals surface area contributed by atoms with Gasteiger partial charge >= 0.3 is 0 Å². The molecule has 4 heteroatoms. The number of anilines is 1. The third kappa shape index (κ3) is 3.64. The normalized spacial score (nSPS) is 10.1. The van der Waals surface area contributed by atoms with Gasteiger partial charge in [-0.1, -0.05) is 23.7 Å². The molecule has 3 nitrogen and oxygen atoms in total. The maximum absolute atomic E-state index is 5.98. The molecule has 0 amide bonds. The van der Waals surface area contributed by atoms with Crippen LogP contribution in [0.5, 0.6) is 5.75 Å². The highest BCUT2D eigenvalue weighted by molar-refractivity contribution is 6.32. The molecule has 94 valence electrons. The van der Waals surface area contributed by atoms with Crippen molar-refractivity contribution in [3.05, 3.63) is 53.2 Å². The molecule has 18 heavy (non-hydrogen) atoms. The summed E-state index contributed by atoms with van der Waals surface area (Å²) in [5.74, 6) is 1.57. The third-order valence-corrected chi connectivity index (χ3v) is 2.72. The van der Waals surface area contributed by atoms with Crippen molar-refractivity contribution in [3.8, 4) is 5.75 Å². The van der Waals surface area contributed by atoms with Gasteiger partial charge in [0.15, 0.2) is 0 Å². The first-order valence-corrected chi connectivity index (χ1v) is 6.17. The van der Waals surface area contributed by atoms with E-state index in [0.29, 0.717) is 24.0 Å². The molecular formula is C14H15ClN2O. The smallest absolute Gasteiger partial charge is 0.144 e. The third-order valence-electron chi connectivity index (χ3n) is 2.41. The van der Waals surface area contributed by atoms with Crippen LogP contribution in [0.25, 0.3) is 0 Å². The van der Waals surface area contributed by atoms with Crippen LogP contribution in [-0.4, -0.2) is 18.1 Å². The lowest BCUT2D eigenvalue weighted by molar-refractivity contribution is 0.332. The van der Waals surface area contributed by atoms with Gasteiger partial charge in [-0.15, -0.1) is 0 Å². The quantitative estimate of drug-likeness (QED) is 0.837. The summed E-state index contributed by atoms with van der Waals surface area (Å²) in [4.78, 5) is 4.14. The van der Waals surface area contributed by atoms with E-state index in [1.165, 1.54) is 5.56 Å². The summed E-state index contributed by atoms with van der Waals surface area (Å²) in [6.07, 6.45) is 1.70. The molecule has 0 aliphatic heterocycles. The standard InChI is InChI=1S/C14H15ClN2O/c1-11-4-2-5-12(10-11)18-9-8-17-14-13(15)6-3-7-16-14/h2-7,10H,8-9H2,1H3,(H,16,17). The van der Waals surface area contributed by atoms with Crippen molar-refractivity contribution in [3.63, 3.8) is 0 Å². The first kappa shape index (κ1) is 12.7. The summed E-state index contributed by atoms with van der Waals surface area (Å²) in [6.45, 7) is 3.26. The molecule has 0 atom stereocenters. The van der Waals surface area contributed by atoms with Crippen LogP contribution in [0.4, 0.5) is 5.82 Å². The molecule has 0 radical (unpaired) electrons. The molecule has 1 N–H and O–H groups in total. The Morgan fingerprint density at radius 3 is 2.94 bits per heavy atom. The molecule has 1 heterocycles. The Hall–Kier alpha value is -1.74. The van der Waals surface area contributed by atoms with Gasteiger partial charge in [-0.05, 0) is 36.8 Å². The van der Waals surface area contributed by atoms with Gasteiger partial charge in [0.05, 0.1) is 11.6 Å². The monoisotopic (exact) mass is 262 g/mol. The van der Waals surface area contributed by atoms with Gasteiger partial charge in [0, 0.05) is 6.20 Å². The number of aryl methyl sites for hydroxylation is 1. The first-order chi connectivity index (χ1) is 8.75. The second-order valence-corrected chi connectivity index (χ2v) is 4.33. The number of ether oxygens (including phenoxy) is 1. The molecule has 2 aromatic rings. The number of nitrogens with zero attached hydrogens (tertiary/aromatic N) is 1. The van der Waals surface area contributed by atoms with Crippen molar-refractivity contribution in [2.75, 3.05) is 18.5 Å². The number of rotatable bonds is 5. The molecule has 2 rings (SSSR count). The summed E-state index contributed by atoms with van der Waals surface area (Å²) in [6, 6.07) is 11.6. The highest BCUT2D eigenvalue weighted by atomic mass is 35.5. The topological polar surface area (TPSA) is 34.1 Å². The lowest BCUT2D eigenvalue weighted by Crippen LogP contribution is -2.12. The van der Waals surface area contributed by atoms with Crippen molar-refractivity contribution in [2.24, 2.45) is 0 Å². The molecule has 0 saturated heterocycles. The van der Waals surface area contributed by atoms with Crippen LogP contribution < -0.4 is 10.1 Å². The molecule has 0 spiro atoms. The number of aromatic nitrogens is 1. The summed E-state index contributed by atoms with van der Waals surface area (Å²) >= 11 is 5.98. The molecule has 0 bridgehead atoms. The molecule has 1 aromatic heterocycles. The van der Waals surface area contributed by atoms with Crippen molar-refractivity contribution in [2.45, 2.75) is 6.92 Å². The Balaban J connectivity index is 1.78. The predicted molar refractivity (Wildman–Crippen MR) is 74.4 cm³/mol. The number of hydrogen-bond donors (Lipinski definition) is 1. The number of halogens is 1. The first-order valence-electron chi connectivity index (χ1n) is 5.79. The van der Waals surface area contributed by atoms with Crippen molar-refractivity contribution in [1.29, 1.82) is 0 Å². The van der Waals surface area contributed by atoms with E-state index in [1.807, 2.05) is 31.2 Å². The largest absolute Gasteiger partial charge is 0.492 e. The molecule has 1 aromatic carbocycles. The van der Waals surface area contributed by atoms with E-state index in [0.717, 1.165) is 5.75 Å². The minimum atomic E-state index is 0.566. The summed E-state index contributed by atoms with van der Waals surface area (Å²) < 4.78 is 5.62. The predicted octanol–water partition coefficient (Wildman–Crippen LogP) is 3.53. The number of nitrogens with one attached hydrogen (secondary N) is 1. The van der Waals surface area contributed by atoms with E-state index in [1.54, 1.807) is 18.3 Å². The van der Waals surface area contributed by atoms with E-state index >= 15 is 0 Å². The van der Waals surface area contributed by atoms with E-state index in [2.05, 4.69) is 10.3 Å². The van der Waals surface area contributed by atoms with Gasteiger partial charge in [-0.2, -0.15) is 0 Å². The van der Waals surface area contributed by atoms with Gasteiger partial charge in [-0.25, -0.2) is 4.98 Å². The van der Waals surface area contributed by atoms with Crippen molar-refractivity contribution < 1.29 is 4.74 Å². The average molecular weight is 263 g/mol. The summed E-state index contributed by atoms with van der Waals surface area (Å²) in [7, 11) is 0. The molecule has 0 aliphatic carbocycles. The zero-order chi connectivity index (χ0) is 12.8. The van der Waals surface area contributed by atoms with Crippen LogP contribution in [0.15, 0.2) is 42.6 Å². The van der Waals surface area contributed by atoms with Gasteiger partial charge in [-0.3, -0.25) is 0 Å². The SMILES string of the molecule is Cc1cccc(OCCNc2ncccc2Cl)c1. The number of hydrogen-bond acceptors (Lipinski definition) is 3. The molecule has 0 saturated carbocycles. The lowest BCUT2D eigenvalue weighted by atomic mass is 10.2. The Labute approximate surface area is 112 Å². The highest BCUT2D eigenvalue weighted by Crippen LogP contribution is 2.17. The lowest BCUT2D eigenvalue weighted by Gasteiger charge is -2.09. The minimum absolute atomic E-state index is 0.566. The van der Waals surface area contributed by atoms with E-state index in [9.17, 15) is 0 Å². The summed E-state index contributed by atoms with van der Waals surface area (Å²) in [5, 5.41) is 3.75. The zero-order valence-corrected chi connectivity index (χ0v) is 10.9. The van der Waals surface area contributed by atoms with Crippen molar-refractivity contribution >= 4 is 17.4 Å². The van der Waals surface area contributed by atoms with Crippen LogP contribution in [0.3, 0.4) is 0 Å². The minimum Gasteiger partial charge on any atom is -0.492 e. The van der Waals surface area contributed by atoms with Crippen LogP contribution in [0.2, 0.25) is 5.02 Å². The fraction of sp³-hybridized carbons (Fsp3) is 0.214. The Morgan fingerprint density at radius 2 is 2.17 bits per heavy atom. The van der Waals surface area contributed by atoms with Gasteiger partial charge < -0.3 is 10.1 Å². The fourth-order valence-electron chi connectivity index (χ4n) is 1.56. The maximum atomic E-state index is 5.98. The highest BCUT2D eigenvalue weighted by Gasteiger charge is 1.99. The van der Waals surface area contributed by atoms with E-state index < -0.39 is 0 Å². The van der Waals surface area contributed by atoms with Gasteiger partial charge in [0.25, 0.3) is 0 Å². The van der Waals surface area contributed by atoms with E-state index in [4.69, 9.17) is 16.3 Å². The number of benzene rings is 1. The van der Waals surface area contributed by atoms with Crippen LogP contribution in [0.1, 0.15) is 5.56 Å². The number of pyridine rings is 1. The van der Waals surface area contributed by atoms with Crippen LogP contribution in [-0.2, 0) is 0 Å². The van der Waals surface area contributed by atoms with Gasteiger partial charge in [0.1, 0.15) is 18.2 Å². The molecule has 0 unspecified atom stereocenters. The Morgan fingerprint density at radius 1 is 1.28 bits per heavy atom. The van der Waals surface area contributed by atoms with Crippen LogP contribution in [0, 0.1) is 6.92 Å². The molecule has 0 aliphatic rings. The second kappa shape index (κ2) is 6.26. The van der Waals surface area contributed by atoms with E-state index in [-0.39, 0.29) is 0 Å². The fourth-order valence-corrected chi connectivity index (χ4v) is 1.75. The summed E-state index contributed by atoms with van der Waals surface area (Å²) in [5.41, 5.74) is 1.19.